The van der Waals surface area contributed by atoms with E-state index >= 15 is 0 Å². The maximum Gasteiger partial charge on any atom is 0.253 e. The van der Waals surface area contributed by atoms with E-state index < -0.39 is 0 Å². The Kier molecular flexibility index (Phi) is 5.26. The Balaban J connectivity index is 1.77. The standard InChI is InChI=1S/C15H22ClN3O/c1-19-8-5-11(6-9-19)4-7-18-15(20)13-3-2-12(16)10-14(13)17/h2-3,10-11H,4-9,17H2,1H3,(H,18,20). The molecule has 1 amide bonds. The quantitative estimate of drug-likeness (QED) is 0.839. The number of piperidine rings is 1. The Labute approximate surface area is 125 Å². The molecule has 0 spiro atoms. The van der Waals surface area contributed by atoms with Crippen molar-refractivity contribution in [2.45, 2.75) is 19.3 Å². The molecule has 4 nitrogen and oxygen atoms in total. The summed E-state index contributed by atoms with van der Waals surface area (Å²) in [4.78, 5) is 14.4. The molecule has 1 aliphatic heterocycles. The van der Waals surface area contributed by atoms with Crippen LogP contribution in [0.4, 0.5) is 5.69 Å². The topological polar surface area (TPSA) is 58.4 Å². The van der Waals surface area contributed by atoms with Crippen LogP contribution in [-0.4, -0.2) is 37.5 Å². The molecule has 1 saturated heterocycles. The van der Waals surface area contributed by atoms with Crippen molar-refractivity contribution in [3.05, 3.63) is 28.8 Å². The van der Waals surface area contributed by atoms with Gasteiger partial charge in [-0.05, 0) is 63.5 Å². The molecule has 0 aliphatic carbocycles. The summed E-state index contributed by atoms with van der Waals surface area (Å²) in [6, 6.07) is 4.96. The van der Waals surface area contributed by atoms with E-state index in [1.165, 1.54) is 12.8 Å². The summed E-state index contributed by atoms with van der Waals surface area (Å²) in [6.07, 6.45) is 3.47. The number of likely N-dealkylation sites (tertiary alicyclic amines) is 1. The second-order valence-corrected chi connectivity index (χ2v) is 5.96. The smallest absolute Gasteiger partial charge is 0.253 e. The third-order valence-electron chi connectivity index (χ3n) is 3.93. The van der Waals surface area contributed by atoms with E-state index in [4.69, 9.17) is 17.3 Å². The van der Waals surface area contributed by atoms with Gasteiger partial charge in [0.25, 0.3) is 5.91 Å². The normalized spacial score (nSPS) is 17.1. The molecule has 1 aromatic rings. The highest BCUT2D eigenvalue weighted by Gasteiger charge is 2.17. The molecule has 1 aromatic carbocycles. The lowest BCUT2D eigenvalue weighted by atomic mass is 9.94. The Hall–Kier alpha value is -1.26. The van der Waals surface area contributed by atoms with Crippen LogP contribution in [0.1, 0.15) is 29.6 Å². The van der Waals surface area contributed by atoms with Gasteiger partial charge in [-0.15, -0.1) is 0 Å². The van der Waals surface area contributed by atoms with Crippen molar-refractivity contribution in [2.75, 3.05) is 32.4 Å². The minimum Gasteiger partial charge on any atom is -0.398 e. The number of nitrogen functional groups attached to an aromatic ring is 1. The summed E-state index contributed by atoms with van der Waals surface area (Å²) >= 11 is 5.82. The van der Waals surface area contributed by atoms with Gasteiger partial charge in [0.15, 0.2) is 0 Å². The van der Waals surface area contributed by atoms with Crippen molar-refractivity contribution in [3.63, 3.8) is 0 Å². The zero-order chi connectivity index (χ0) is 14.5. The molecule has 0 unspecified atom stereocenters. The molecular formula is C15H22ClN3O. The monoisotopic (exact) mass is 295 g/mol. The van der Waals surface area contributed by atoms with Crippen LogP contribution in [0.15, 0.2) is 18.2 Å². The van der Waals surface area contributed by atoms with Gasteiger partial charge in [-0.1, -0.05) is 11.6 Å². The number of carbonyl (C=O) groups excluding carboxylic acids is 1. The third kappa shape index (κ3) is 4.12. The maximum absolute atomic E-state index is 12.0. The van der Waals surface area contributed by atoms with E-state index in [9.17, 15) is 4.79 Å². The fourth-order valence-corrected chi connectivity index (χ4v) is 2.76. The lowest BCUT2D eigenvalue weighted by Crippen LogP contribution is -2.32. The zero-order valence-corrected chi connectivity index (χ0v) is 12.6. The van der Waals surface area contributed by atoms with Crippen molar-refractivity contribution in [3.8, 4) is 0 Å². The highest BCUT2D eigenvalue weighted by atomic mass is 35.5. The van der Waals surface area contributed by atoms with Crippen LogP contribution >= 0.6 is 11.6 Å². The molecule has 0 radical (unpaired) electrons. The van der Waals surface area contributed by atoms with Gasteiger partial charge in [-0.3, -0.25) is 4.79 Å². The average Bonchev–Trinajstić information content (AvgIpc) is 2.41. The molecule has 20 heavy (non-hydrogen) atoms. The number of amides is 1. The van der Waals surface area contributed by atoms with Gasteiger partial charge < -0.3 is 16.0 Å². The molecule has 1 heterocycles. The molecule has 0 saturated carbocycles. The zero-order valence-electron chi connectivity index (χ0n) is 11.9. The molecule has 1 fully saturated rings. The molecule has 110 valence electrons. The summed E-state index contributed by atoms with van der Waals surface area (Å²) in [6.45, 7) is 3.01. The fourth-order valence-electron chi connectivity index (χ4n) is 2.58. The molecule has 3 N–H and O–H groups in total. The lowest BCUT2D eigenvalue weighted by Gasteiger charge is -2.28. The molecule has 0 atom stereocenters. The first kappa shape index (κ1) is 15.1. The van der Waals surface area contributed by atoms with E-state index in [0.717, 1.165) is 19.5 Å². The second-order valence-electron chi connectivity index (χ2n) is 5.52. The third-order valence-corrected chi connectivity index (χ3v) is 4.17. The van der Waals surface area contributed by atoms with Crippen LogP contribution in [0.5, 0.6) is 0 Å². The number of halogens is 1. The highest BCUT2D eigenvalue weighted by molar-refractivity contribution is 6.31. The summed E-state index contributed by atoms with van der Waals surface area (Å²) in [5.41, 5.74) is 6.72. The predicted molar refractivity (Wildman–Crippen MR) is 83.0 cm³/mol. The summed E-state index contributed by atoms with van der Waals surface area (Å²) < 4.78 is 0. The minimum absolute atomic E-state index is 0.118. The van der Waals surface area contributed by atoms with Crippen molar-refractivity contribution in [2.24, 2.45) is 5.92 Å². The van der Waals surface area contributed by atoms with Gasteiger partial charge in [-0.25, -0.2) is 0 Å². The molecule has 1 aliphatic rings. The summed E-state index contributed by atoms with van der Waals surface area (Å²) in [5, 5.41) is 3.49. The van der Waals surface area contributed by atoms with Crippen molar-refractivity contribution < 1.29 is 4.79 Å². The molecule has 5 heteroatoms. The van der Waals surface area contributed by atoms with E-state index in [2.05, 4.69) is 17.3 Å². The van der Waals surface area contributed by atoms with Crippen LogP contribution in [-0.2, 0) is 0 Å². The molecule has 0 bridgehead atoms. The van der Waals surface area contributed by atoms with Crippen LogP contribution in [0.25, 0.3) is 0 Å². The van der Waals surface area contributed by atoms with E-state index in [1.54, 1.807) is 18.2 Å². The number of nitrogens with zero attached hydrogens (tertiary/aromatic N) is 1. The number of hydrogen-bond donors (Lipinski definition) is 2. The predicted octanol–water partition coefficient (Wildman–Crippen LogP) is 2.38. The number of nitrogens with two attached hydrogens (primary N) is 1. The van der Waals surface area contributed by atoms with Crippen molar-refractivity contribution in [1.29, 1.82) is 0 Å². The maximum atomic E-state index is 12.0. The lowest BCUT2D eigenvalue weighted by molar-refractivity contribution is 0.0950. The number of anilines is 1. The molecule has 0 aromatic heterocycles. The van der Waals surface area contributed by atoms with Crippen LogP contribution in [0.2, 0.25) is 5.02 Å². The number of nitrogens with one attached hydrogen (secondary N) is 1. The van der Waals surface area contributed by atoms with Gasteiger partial charge in [-0.2, -0.15) is 0 Å². The SMILES string of the molecule is CN1CCC(CCNC(=O)c2ccc(Cl)cc2N)CC1. The van der Waals surface area contributed by atoms with Gasteiger partial charge >= 0.3 is 0 Å². The van der Waals surface area contributed by atoms with Crippen LogP contribution < -0.4 is 11.1 Å². The summed E-state index contributed by atoms with van der Waals surface area (Å²) in [5.74, 6) is 0.598. The fraction of sp³-hybridized carbons (Fsp3) is 0.533. The molecule has 2 rings (SSSR count). The van der Waals surface area contributed by atoms with Gasteiger partial charge in [0.05, 0.1) is 5.56 Å². The van der Waals surface area contributed by atoms with E-state index in [0.29, 0.717) is 28.7 Å². The van der Waals surface area contributed by atoms with Crippen molar-refractivity contribution in [1.82, 2.24) is 10.2 Å². The highest BCUT2D eigenvalue weighted by Crippen LogP contribution is 2.20. The Morgan fingerprint density at radius 2 is 2.15 bits per heavy atom. The first-order valence-electron chi connectivity index (χ1n) is 7.08. The summed E-state index contributed by atoms with van der Waals surface area (Å²) in [7, 11) is 2.15. The van der Waals surface area contributed by atoms with Gasteiger partial charge in [0.1, 0.15) is 0 Å². The number of carbonyl (C=O) groups is 1. The molecular weight excluding hydrogens is 274 g/mol. The second kappa shape index (κ2) is 6.95. The first-order chi connectivity index (χ1) is 9.56. The van der Waals surface area contributed by atoms with Crippen LogP contribution in [0, 0.1) is 5.92 Å². The van der Waals surface area contributed by atoms with Gasteiger partial charge in [0, 0.05) is 17.3 Å². The Bertz CT molecular complexity index is 470. The van der Waals surface area contributed by atoms with Crippen LogP contribution in [0.3, 0.4) is 0 Å². The average molecular weight is 296 g/mol. The minimum atomic E-state index is -0.118. The van der Waals surface area contributed by atoms with Crippen molar-refractivity contribution >= 4 is 23.2 Å². The number of benzene rings is 1. The Morgan fingerprint density at radius 1 is 1.45 bits per heavy atom. The first-order valence-corrected chi connectivity index (χ1v) is 7.46. The van der Waals surface area contributed by atoms with Gasteiger partial charge in [0.2, 0.25) is 0 Å². The van der Waals surface area contributed by atoms with E-state index in [1.807, 2.05) is 0 Å². The largest absolute Gasteiger partial charge is 0.398 e. The Morgan fingerprint density at radius 3 is 2.80 bits per heavy atom. The number of rotatable bonds is 4. The van der Waals surface area contributed by atoms with E-state index in [-0.39, 0.29) is 5.91 Å². The number of hydrogen-bond acceptors (Lipinski definition) is 3.